The van der Waals surface area contributed by atoms with E-state index < -0.39 is 0 Å². The van der Waals surface area contributed by atoms with Gasteiger partial charge in [-0.15, -0.1) is 6.42 Å². The van der Waals surface area contributed by atoms with Gasteiger partial charge >= 0.3 is 0 Å². The van der Waals surface area contributed by atoms with E-state index in [1.807, 2.05) is 32.0 Å². The number of ether oxygens (including phenoxy) is 1. The summed E-state index contributed by atoms with van der Waals surface area (Å²) in [5.41, 5.74) is 2.19. The van der Waals surface area contributed by atoms with E-state index >= 15 is 0 Å². The fraction of sp³-hybridized carbons (Fsp3) is 0.308. The van der Waals surface area contributed by atoms with Crippen LogP contribution in [0.3, 0.4) is 0 Å². The van der Waals surface area contributed by atoms with Crippen LogP contribution in [0.5, 0.6) is 5.75 Å². The molecule has 0 atom stereocenters. The predicted molar refractivity (Wildman–Crippen MR) is 63.3 cm³/mol. The van der Waals surface area contributed by atoms with E-state index in [9.17, 15) is 4.79 Å². The Labute approximate surface area is 95.8 Å². The standard InChI is InChI=1S/C13H15NO2/c1-4-7-14-13(15)9-16-12-6-5-10(2)8-11(12)3/h1,5-6,8H,7,9H2,2-3H3,(H,14,15). The van der Waals surface area contributed by atoms with Crippen molar-refractivity contribution >= 4 is 5.91 Å². The number of hydrogen-bond acceptors (Lipinski definition) is 2. The number of hydrogen-bond donors (Lipinski definition) is 1. The van der Waals surface area contributed by atoms with Gasteiger partial charge < -0.3 is 10.1 Å². The molecule has 0 bridgehead atoms. The maximum absolute atomic E-state index is 11.2. The number of rotatable bonds is 4. The molecule has 0 aliphatic rings. The molecule has 0 aliphatic heterocycles. The smallest absolute Gasteiger partial charge is 0.258 e. The first-order valence-corrected chi connectivity index (χ1v) is 5.03. The van der Waals surface area contributed by atoms with Crippen molar-refractivity contribution in [2.24, 2.45) is 0 Å². The van der Waals surface area contributed by atoms with Gasteiger partial charge in [0, 0.05) is 0 Å². The molecule has 1 aromatic rings. The van der Waals surface area contributed by atoms with E-state index in [-0.39, 0.29) is 19.1 Å². The van der Waals surface area contributed by atoms with Crippen LogP contribution in [-0.2, 0) is 4.79 Å². The molecule has 0 radical (unpaired) electrons. The molecule has 0 saturated heterocycles. The highest BCUT2D eigenvalue weighted by atomic mass is 16.5. The number of nitrogens with one attached hydrogen (secondary N) is 1. The van der Waals surface area contributed by atoms with Crippen molar-refractivity contribution in [1.29, 1.82) is 0 Å². The van der Waals surface area contributed by atoms with Crippen LogP contribution in [-0.4, -0.2) is 19.1 Å². The van der Waals surface area contributed by atoms with Crippen LogP contribution in [0.2, 0.25) is 0 Å². The van der Waals surface area contributed by atoms with Gasteiger partial charge in [0.05, 0.1) is 6.54 Å². The van der Waals surface area contributed by atoms with Gasteiger partial charge in [-0.25, -0.2) is 0 Å². The molecule has 0 spiro atoms. The second-order valence-electron chi connectivity index (χ2n) is 3.54. The van der Waals surface area contributed by atoms with Crippen LogP contribution in [0.1, 0.15) is 11.1 Å². The third kappa shape index (κ3) is 3.66. The van der Waals surface area contributed by atoms with E-state index in [1.54, 1.807) is 0 Å². The molecule has 0 fully saturated rings. The molecule has 0 unspecified atom stereocenters. The number of terminal acetylenes is 1. The van der Waals surface area contributed by atoms with Gasteiger partial charge in [0.25, 0.3) is 5.91 Å². The molecule has 1 amide bonds. The molecule has 0 heterocycles. The quantitative estimate of drug-likeness (QED) is 0.775. The highest BCUT2D eigenvalue weighted by molar-refractivity contribution is 5.77. The lowest BCUT2D eigenvalue weighted by atomic mass is 10.1. The molecule has 1 aromatic carbocycles. The molecule has 1 N–H and O–H groups in total. The van der Waals surface area contributed by atoms with Crippen molar-refractivity contribution in [3.63, 3.8) is 0 Å². The zero-order chi connectivity index (χ0) is 12.0. The minimum atomic E-state index is -0.210. The first kappa shape index (κ1) is 12.1. The second-order valence-corrected chi connectivity index (χ2v) is 3.54. The zero-order valence-corrected chi connectivity index (χ0v) is 9.54. The van der Waals surface area contributed by atoms with Crippen LogP contribution in [0, 0.1) is 26.2 Å². The molecule has 0 saturated carbocycles. The number of aryl methyl sites for hydroxylation is 2. The van der Waals surface area contributed by atoms with Crippen LogP contribution < -0.4 is 10.1 Å². The van der Waals surface area contributed by atoms with Crippen LogP contribution in [0.15, 0.2) is 18.2 Å². The van der Waals surface area contributed by atoms with Crippen LogP contribution >= 0.6 is 0 Å². The molecule has 1 rings (SSSR count). The van der Waals surface area contributed by atoms with Gasteiger partial charge in [-0.05, 0) is 25.5 Å². The van der Waals surface area contributed by atoms with Crippen molar-refractivity contribution in [3.05, 3.63) is 29.3 Å². The van der Waals surface area contributed by atoms with Crippen molar-refractivity contribution in [3.8, 4) is 18.1 Å². The summed E-state index contributed by atoms with van der Waals surface area (Å²) in [5, 5.41) is 2.53. The summed E-state index contributed by atoms with van der Waals surface area (Å²) in [5.74, 6) is 2.84. The van der Waals surface area contributed by atoms with E-state index in [1.165, 1.54) is 5.56 Å². The largest absolute Gasteiger partial charge is 0.484 e. The number of carbonyl (C=O) groups excluding carboxylic acids is 1. The normalized spacial score (nSPS) is 9.31. The van der Waals surface area contributed by atoms with Crippen molar-refractivity contribution < 1.29 is 9.53 Å². The Morgan fingerprint density at radius 3 is 2.88 bits per heavy atom. The Morgan fingerprint density at radius 2 is 2.25 bits per heavy atom. The maximum atomic E-state index is 11.2. The molecule has 0 aliphatic carbocycles. The van der Waals surface area contributed by atoms with Crippen LogP contribution in [0.25, 0.3) is 0 Å². The first-order chi connectivity index (χ1) is 7.63. The molecule has 3 nitrogen and oxygen atoms in total. The summed E-state index contributed by atoms with van der Waals surface area (Å²) in [4.78, 5) is 11.2. The Balaban J connectivity index is 2.49. The fourth-order valence-corrected chi connectivity index (χ4v) is 1.31. The number of benzene rings is 1. The minimum Gasteiger partial charge on any atom is -0.484 e. The van der Waals surface area contributed by atoms with E-state index in [2.05, 4.69) is 11.2 Å². The second kappa shape index (κ2) is 5.82. The molecule has 0 aromatic heterocycles. The summed E-state index contributed by atoms with van der Waals surface area (Å²) in [6.45, 7) is 4.18. The van der Waals surface area contributed by atoms with Crippen molar-refractivity contribution in [1.82, 2.24) is 5.32 Å². The lowest BCUT2D eigenvalue weighted by Crippen LogP contribution is -2.29. The Kier molecular flexibility index (Phi) is 4.41. The van der Waals surface area contributed by atoms with Crippen molar-refractivity contribution in [2.45, 2.75) is 13.8 Å². The first-order valence-electron chi connectivity index (χ1n) is 5.03. The molecular weight excluding hydrogens is 202 g/mol. The third-order valence-electron chi connectivity index (χ3n) is 2.08. The highest BCUT2D eigenvalue weighted by Gasteiger charge is 2.03. The predicted octanol–water partition coefficient (Wildman–Crippen LogP) is 1.43. The monoisotopic (exact) mass is 217 g/mol. The summed E-state index contributed by atoms with van der Waals surface area (Å²) in [6.07, 6.45) is 5.02. The van der Waals surface area contributed by atoms with Crippen molar-refractivity contribution in [2.75, 3.05) is 13.2 Å². The van der Waals surface area contributed by atoms with E-state index in [4.69, 9.17) is 11.2 Å². The highest BCUT2D eigenvalue weighted by Crippen LogP contribution is 2.18. The van der Waals surface area contributed by atoms with E-state index in [0.29, 0.717) is 0 Å². The van der Waals surface area contributed by atoms with Crippen LogP contribution in [0.4, 0.5) is 0 Å². The summed E-state index contributed by atoms with van der Waals surface area (Å²) in [6, 6.07) is 5.81. The van der Waals surface area contributed by atoms with E-state index in [0.717, 1.165) is 11.3 Å². The Hall–Kier alpha value is -1.95. The van der Waals surface area contributed by atoms with Gasteiger partial charge in [0.2, 0.25) is 0 Å². The number of carbonyl (C=O) groups is 1. The van der Waals surface area contributed by atoms with Gasteiger partial charge in [-0.2, -0.15) is 0 Å². The Bertz CT molecular complexity index is 418. The van der Waals surface area contributed by atoms with Gasteiger partial charge in [0.15, 0.2) is 6.61 Å². The van der Waals surface area contributed by atoms with Gasteiger partial charge in [-0.3, -0.25) is 4.79 Å². The summed E-state index contributed by atoms with van der Waals surface area (Å²) < 4.78 is 5.37. The minimum absolute atomic E-state index is 0.00835. The lowest BCUT2D eigenvalue weighted by Gasteiger charge is -2.09. The molecule has 3 heteroatoms. The summed E-state index contributed by atoms with van der Waals surface area (Å²) >= 11 is 0. The average Bonchev–Trinajstić information content (AvgIpc) is 2.25. The SMILES string of the molecule is C#CCNC(=O)COc1ccc(C)cc1C. The topological polar surface area (TPSA) is 38.3 Å². The fourth-order valence-electron chi connectivity index (χ4n) is 1.31. The summed E-state index contributed by atoms with van der Waals surface area (Å²) in [7, 11) is 0. The maximum Gasteiger partial charge on any atom is 0.258 e. The molecule has 16 heavy (non-hydrogen) atoms. The average molecular weight is 217 g/mol. The zero-order valence-electron chi connectivity index (χ0n) is 9.54. The number of amides is 1. The van der Waals surface area contributed by atoms with Gasteiger partial charge in [-0.1, -0.05) is 23.6 Å². The lowest BCUT2D eigenvalue weighted by molar-refractivity contribution is -0.122. The third-order valence-corrected chi connectivity index (χ3v) is 2.08. The molecule has 84 valence electrons. The Morgan fingerprint density at radius 1 is 1.50 bits per heavy atom. The van der Waals surface area contributed by atoms with Gasteiger partial charge in [0.1, 0.15) is 5.75 Å². The molecular formula is C13H15NO2.